The van der Waals surface area contributed by atoms with Crippen LogP contribution in [0.4, 0.5) is 4.79 Å². The molecular weight excluding hydrogens is 448 g/mol. The number of aliphatic carboxylic acids is 1. The van der Waals surface area contributed by atoms with Crippen LogP contribution in [0.1, 0.15) is 50.7 Å². The van der Waals surface area contributed by atoms with Gasteiger partial charge in [-0.3, -0.25) is 4.79 Å². The summed E-state index contributed by atoms with van der Waals surface area (Å²) in [5.41, 5.74) is 2.42. The molecule has 8 nitrogen and oxygen atoms in total. The molecule has 0 aromatic heterocycles. The number of hydrogen-bond donors (Lipinski definition) is 3. The van der Waals surface area contributed by atoms with E-state index >= 15 is 0 Å². The Bertz CT molecular complexity index is 1070. The second kappa shape index (κ2) is 9.70. The van der Waals surface area contributed by atoms with Gasteiger partial charge in [0.2, 0.25) is 5.91 Å². The summed E-state index contributed by atoms with van der Waals surface area (Å²) in [4.78, 5) is 38.0. The molecule has 1 aliphatic carbocycles. The van der Waals surface area contributed by atoms with E-state index in [9.17, 15) is 19.5 Å². The molecule has 1 atom stereocenters. The summed E-state index contributed by atoms with van der Waals surface area (Å²) < 4.78 is 11.1. The highest BCUT2D eigenvalue weighted by Gasteiger charge is 2.45. The van der Waals surface area contributed by atoms with Crippen LogP contribution in [0, 0.1) is 5.41 Å². The number of rotatable bonds is 6. The van der Waals surface area contributed by atoms with Crippen molar-refractivity contribution in [2.24, 2.45) is 5.41 Å². The number of ether oxygens (including phenoxy) is 2. The number of carboxylic acid groups (broad SMARTS) is 1. The maximum absolute atomic E-state index is 13.3. The van der Waals surface area contributed by atoms with Crippen molar-refractivity contribution < 1.29 is 29.0 Å². The van der Waals surface area contributed by atoms with Crippen molar-refractivity contribution in [2.75, 3.05) is 19.8 Å². The number of carbonyl (C=O) groups excluding carboxylic acids is 2. The number of carbonyl (C=O) groups is 3. The molecule has 0 unspecified atom stereocenters. The van der Waals surface area contributed by atoms with Crippen LogP contribution < -0.4 is 10.6 Å². The van der Waals surface area contributed by atoms with Crippen molar-refractivity contribution in [2.45, 2.75) is 51.1 Å². The van der Waals surface area contributed by atoms with Gasteiger partial charge in [0.25, 0.3) is 0 Å². The third-order valence-electron chi connectivity index (χ3n) is 6.85. The second-order valence-electron chi connectivity index (χ2n) is 10.3. The van der Waals surface area contributed by atoms with Crippen LogP contribution in [0.25, 0.3) is 11.1 Å². The lowest BCUT2D eigenvalue weighted by Gasteiger charge is -2.38. The molecule has 0 bridgehead atoms. The Morgan fingerprint density at radius 2 is 1.57 bits per heavy atom. The predicted octanol–water partition coefficient (Wildman–Crippen LogP) is 3.69. The van der Waals surface area contributed by atoms with Gasteiger partial charge in [-0.1, -0.05) is 69.3 Å². The molecule has 2 aromatic carbocycles. The molecule has 35 heavy (non-hydrogen) atoms. The van der Waals surface area contributed by atoms with Crippen molar-refractivity contribution in [1.82, 2.24) is 10.6 Å². The lowest BCUT2D eigenvalue weighted by Crippen LogP contribution is -2.64. The molecule has 0 saturated carbocycles. The summed E-state index contributed by atoms with van der Waals surface area (Å²) in [7, 11) is 0. The Balaban J connectivity index is 1.48. The number of fused-ring (bicyclic) bond motifs is 3. The quantitative estimate of drug-likeness (QED) is 0.581. The molecule has 4 rings (SSSR count). The maximum atomic E-state index is 13.3. The average molecular weight is 481 g/mol. The first-order valence-electron chi connectivity index (χ1n) is 11.9. The van der Waals surface area contributed by atoms with E-state index in [0.29, 0.717) is 0 Å². The van der Waals surface area contributed by atoms with Gasteiger partial charge < -0.3 is 25.2 Å². The summed E-state index contributed by atoms with van der Waals surface area (Å²) in [5.74, 6) is -1.78. The van der Waals surface area contributed by atoms with Crippen LogP contribution in [-0.4, -0.2) is 54.5 Å². The smallest absolute Gasteiger partial charge is 0.408 e. The first kappa shape index (κ1) is 24.7. The molecule has 0 radical (unpaired) electrons. The maximum Gasteiger partial charge on any atom is 0.408 e. The van der Waals surface area contributed by atoms with E-state index in [1.54, 1.807) is 20.8 Å². The van der Waals surface area contributed by atoms with Crippen LogP contribution in [0.3, 0.4) is 0 Å². The van der Waals surface area contributed by atoms with E-state index in [2.05, 4.69) is 22.8 Å². The minimum Gasteiger partial charge on any atom is -0.480 e. The van der Waals surface area contributed by atoms with Gasteiger partial charge in [0, 0.05) is 32.0 Å². The Labute approximate surface area is 205 Å². The van der Waals surface area contributed by atoms with E-state index in [4.69, 9.17) is 9.47 Å². The molecule has 186 valence electrons. The summed E-state index contributed by atoms with van der Waals surface area (Å²) >= 11 is 0. The molecule has 2 aromatic rings. The van der Waals surface area contributed by atoms with Gasteiger partial charge in [0.1, 0.15) is 18.2 Å². The molecular formula is C27H32N2O6. The van der Waals surface area contributed by atoms with Gasteiger partial charge in [-0.2, -0.15) is 0 Å². The van der Waals surface area contributed by atoms with Gasteiger partial charge in [-0.05, 0) is 27.7 Å². The fourth-order valence-electron chi connectivity index (χ4n) is 4.88. The highest BCUT2D eigenvalue weighted by Crippen LogP contribution is 2.44. The van der Waals surface area contributed by atoms with Crippen LogP contribution >= 0.6 is 0 Å². The van der Waals surface area contributed by atoms with Crippen molar-refractivity contribution >= 4 is 18.0 Å². The third-order valence-corrected chi connectivity index (χ3v) is 6.85. The van der Waals surface area contributed by atoms with Gasteiger partial charge in [-0.15, -0.1) is 0 Å². The molecule has 2 aliphatic rings. The largest absolute Gasteiger partial charge is 0.480 e. The molecule has 0 spiro atoms. The average Bonchev–Trinajstić information content (AvgIpc) is 3.14. The van der Waals surface area contributed by atoms with Crippen LogP contribution in [0.5, 0.6) is 0 Å². The van der Waals surface area contributed by atoms with E-state index < -0.39 is 35.0 Å². The zero-order valence-electron chi connectivity index (χ0n) is 20.3. The number of amides is 2. The van der Waals surface area contributed by atoms with Crippen LogP contribution in [-0.2, 0) is 19.1 Å². The van der Waals surface area contributed by atoms with Gasteiger partial charge in [-0.25, -0.2) is 9.59 Å². The standard InChI is InChI=1S/C27H32N2O6/c1-26(2,3)22(23(30)31)28-24(32)27(12-14-34-15-13-27)29-25(33)35-16-21-19-10-6-4-8-17(19)18-9-5-7-11-20(18)21/h4-11,21-22H,12-16H2,1-3H3,(H,28,32)(H,29,33)(H,30,31)/t22-/m1/s1. The molecule has 1 fully saturated rings. The molecule has 1 heterocycles. The Morgan fingerprint density at radius 3 is 2.09 bits per heavy atom. The lowest BCUT2D eigenvalue weighted by atomic mass is 9.84. The molecule has 2 amide bonds. The van der Waals surface area contributed by atoms with Crippen molar-refractivity contribution in [3.63, 3.8) is 0 Å². The molecule has 1 aliphatic heterocycles. The lowest BCUT2D eigenvalue weighted by molar-refractivity contribution is -0.147. The summed E-state index contributed by atoms with van der Waals surface area (Å²) in [6.45, 7) is 5.87. The zero-order valence-corrected chi connectivity index (χ0v) is 20.3. The van der Waals surface area contributed by atoms with Crippen LogP contribution in [0.2, 0.25) is 0 Å². The number of hydrogen-bond acceptors (Lipinski definition) is 5. The Morgan fingerprint density at radius 1 is 1.03 bits per heavy atom. The minimum atomic E-state index is -1.31. The minimum absolute atomic E-state index is 0.107. The van der Waals surface area contributed by atoms with E-state index in [0.717, 1.165) is 22.3 Å². The van der Waals surface area contributed by atoms with E-state index in [-0.39, 0.29) is 38.6 Å². The fraction of sp³-hybridized carbons (Fsp3) is 0.444. The topological polar surface area (TPSA) is 114 Å². The number of carboxylic acids is 1. The third kappa shape index (κ3) is 5.03. The molecule has 1 saturated heterocycles. The van der Waals surface area contributed by atoms with E-state index in [1.165, 1.54) is 0 Å². The normalized spacial score (nSPS) is 17.6. The van der Waals surface area contributed by atoms with Gasteiger partial charge >= 0.3 is 12.1 Å². The van der Waals surface area contributed by atoms with Crippen molar-refractivity contribution in [3.8, 4) is 11.1 Å². The number of alkyl carbamates (subject to hydrolysis) is 1. The fourth-order valence-corrected chi connectivity index (χ4v) is 4.88. The molecule has 8 heteroatoms. The Kier molecular flexibility index (Phi) is 6.85. The first-order valence-corrected chi connectivity index (χ1v) is 11.9. The van der Waals surface area contributed by atoms with Gasteiger partial charge in [0.05, 0.1) is 0 Å². The predicted molar refractivity (Wildman–Crippen MR) is 130 cm³/mol. The zero-order chi connectivity index (χ0) is 25.2. The van der Waals surface area contributed by atoms with Crippen molar-refractivity contribution in [1.29, 1.82) is 0 Å². The summed E-state index contributed by atoms with van der Waals surface area (Å²) in [6.07, 6.45) is -0.273. The number of benzene rings is 2. The summed E-state index contributed by atoms with van der Waals surface area (Å²) in [6, 6.07) is 15.0. The first-order chi connectivity index (χ1) is 16.6. The highest BCUT2D eigenvalue weighted by molar-refractivity contribution is 5.93. The van der Waals surface area contributed by atoms with E-state index in [1.807, 2.05) is 36.4 Å². The SMILES string of the molecule is CC(C)(C)[C@H](NC(=O)C1(NC(=O)OCC2c3ccccc3-c3ccccc32)CCOCC1)C(=O)O. The second-order valence-corrected chi connectivity index (χ2v) is 10.3. The van der Waals surface area contributed by atoms with Crippen LogP contribution in [0.15, 0.2) is 48.5 Å². The monoisotopic (exact) mass is 480 g/mol. The highest BCUT2D eigenvalue weighted by atomic mass is 16.5. The van der Waals surface area contributed by atoms with Crippen molar-refractivity contribution in [3.05, 3.63) is 59.7 Å². The van der Waals surface area contributed by atoms with Gasteiger partial charge in [0.15, 0.2) is 0 Å². The number of nitrogens with one attached hydrogen (secondary N) is 2. The Hall–Kier alpha value is -3.39. The summed E-state index contributed by atoms with van der Waals surface area (Å²) in [5, 5.41) is 15.0. The molecule has 3 N–H and O–H groups in total.